The Bertz CT molecular complexity index is 800. The van der Waals surface area contributed by atoms with E-state index in [1.807, 2.05) is 24.3 Å². The predicted molar refractivity (Wildman–Crippen MR) is 106 cm³/mol. The number of carbonyl (C=O) groups excluding carboxylic acids is 2. The summed E-state index contributed by atoms with van der Waals surface area (Å²) in [5.74, 6) is 0.855. The van der Waals surface area contributed by atoms with Gasteiger partial charge in [0, 0.05) is 19.1 Å². The van der Waals surface area contributed by atoms with Gasteiger partial charge < -0.3 is 19.4 Å². The van der Waals surface area contributed by atoms with Gasteiger partial charge in [0.15, 0.2) is 12.4 Å². The van der Waals surface area contributed by atoms with E-state index in [-0.39, 0.29) is 29.9 Å². The molecule has 1 aromatic heterocycles. The molecule has 1 N–H and O–H groups in total. The molecule has 0 unspecified atom stereocenters. The number of likely N-dealkylation sites (tertiary alicyclic amines) is 1. The maximum atomic E-state index is 12.3. The third-order valence-electron chi connectivity index (χ3n) is 4.93. The van der Waals surface area contributed by atoms with Gasteiger partial charge in [-0.3, -0.25) is 9.59 Å². The lowest BCUT2D eigenvalue weighted by atomic mass is 9.86. The van der Waals surface area contributed by atoms with Gasteiger partial charge in [-0.1, -0.05) is 39.0 Å². The average molecular weight is 384 g/mol. The van der Waals surface area contributed by atoms with Gasteiger partial charge in [0.25, 0.3) is 11.8 Å². The van der Waals surface area contributed by atoms with Gasteiger partial charge in [-0.15, -0.1) is 0 Å². The highest BCUT2D eigenvalue weighted by Gasteiger charge is 2.26. The molecule has 6 nitrogen and oxygen atoms in total. The van der Waals surface area contributed by atoms with Gasteiger partial charge >= 0.3 is 0 Å². The van der Waals surface area contributed by atoms with E-state index in [1.54, 1.807) is 17.0 Å². The molecule has 1 aromatic carbocycles. The number of nitrogens with one attached hydrogen (secondary N) is 1. The number of para-hydroxylation sites is 1. The molecule has 1 fully saturated rings. The van der Waals surface area contributed by atoms with Crippen LogP contribution in [0.4, 0.5) is 0 Å². The first-order valence-electron chi connectivity index (χ1n) is 9.69. The Morgan fingerprint density at radius 2 is 1.86 bits per heavy atom. The summed E-state index contributed by atoms with van der Waals surface area (Å²) < 4.78 is 11.0. The Labute approximate surface area is 165 Å². The Hall–Kier alpha value is -2.76. The van der Waals surface area contributed by atoms with Gasteiger partial charge in [0.2, 0.25) is 0 Å². The average Bonchev–Trinajstić information content (AvgIpc) is 3.21. The molecule has 6 heteroatoms. The van der Waals surface area contributed by atoms with Gasteiger partial charge in [-0.25, -0.2) is 0 Å². The van der Waals surface area contributed by atoms with Crippen molar-refractivity contribution in [3.63, 3.8) is 0 Å². The largest absolute Gasteiger partial charge is 0.483 e. The minimum atomic E-state index is -0.139. The molecule has 150 valence electrons. The lowest BCUT2D eigenvalue weighted by Gasteiger charge is -2.32. The summed E-state index contributed by atoms with van der Waals surface area (Å²) in [6, 6.07) is 11.2. The second kappa shape index (κ2) is 8.50. The molecular weight excluding hydrogens is 356 g/mol. The Kier molecular flexibility index (Phi) is 6.07. The number of hydrogen-bond acceptors (Lipinski definition) is 4. The summed E-state index contributed by atoms with van der Waals surface area (Å²) in [5, 5.41) is 3.02. The Morgan fingerprint density at radius 3 is 2.50 bits per heavy atom. The van der Waals surface area contributed by atoms with Crippen molar-refractivity contribution in [1.29, 1.82) is 0 Å². The van der Waals surface area contributed by atoms with Crippen LogP contribution < -0.4 is 10.1 Å². The smallest absolute Gasteiger partial charge is 0.289 e. The van der Waals surface area contributed by atoms with Gasteiger partial charge in [0.05, 0.1) is 6.26 Å². The van der Waals surface area contributed by atoms with E-state index in [9.17, 15) is 9.59 Å². The molecule has 1 saturated heterocycles. The van der Waals surface area contributed by atoms with Crippen LogP contribution in [0.3, 0.4) is 0 Å². The standard InChI is InChI=1S/C22H28N2O4/c1-22(2,3)17-7-4-5-8-18(17)28-15-20(25)23-16-10-12-24(13-11-16)21(26)19-9-6-14-27-19/h4-9,14,16H,10-13,15H2,1-3H3,(H,23,25). The van der Waals surface area contributed by atoms with E-state index in [0.29, 0.717) is 18.8 Å². The quantitative estimate of drug-likeness (QED) is 0.858. The molecular formula is C22H28N2O4. The number of ether oxygens (including phenoxy) is 1. The zero-order chi connectivity index (χ0) is 20.1. The van der Waals surface area contributed by atoms with E-state index in [1.165, 1.54) is 6.26 Å². The minimum absolute atomic E-state index is 0.0152. The fourth-order valence-electron chi connectivity index (χ4n) is 3.41. The molecule has 3 rings (SSSR count). The molecule has 1 aliphatic rings. The van der Waals surface area contributed by atoms with Crippen molar-refractivity contribution in [2.45, 2.75) is 45.1 Å². The van der Waals surface area contributed by atoms with Crippen LogP contribution in [0.15, 0.2) is 47.1 Å². The van der Waals surface area contributed by atoms with E-state index < -0.39 is 0 Å². The van der Waals surface area contributed by atoms with Crippen LogP contribution in [0.1, 0.15) is 49.7 Å². The van der Waals surface area contributed by atoms with Crippen molar-refractivity contribution in [3.8, 4) is 5.75 Å². The molecule has 0 spiro atoms. The molecule has 2 aromatic rings. The van der Waals surface area contributed by atoms with Crippen molar-refractivity contribution in [1.82, 2.24) is 10.2 Å². The van der Waals surface area contributed by atoms with Crippen molar-refractivity contribution in [2.75, 3.05) is 19.7 Å². The first-order chi connectivity index (χ1) is 13.3. The Morgan fingerprint density at radius 1 is 1.14 bits per heavy atom. The summed E-state index contributed by atoms with van der Waals surface area (Å²) in [6.07, 6.45) is 2.94. The highest BCUT2D eigenvalue weighted by Crippen LogP contribution is 2.30. The normalized spacial score (nSPS) is 15.3. The number of furan rings is 1. The van der Waals surface area contributed by atoms with Crippen LogP contribution in [0, 0.1) is 0 Å². The first kappa shape index (κ1) is 20.0. The topological polar surface area (TPSA) is 71.8 Å². The molecule has 1 aliphatic heterocycles. The maximum absolute atomic E-state index is 12.3. The highest BCUT2D eigenvalue weighted by molar-refractivity contribution is 5.91. The van der Waals surface area contributed by atoms with Crippen LogP contribution >= 0.6 is 0 Å². The van der Waals surface area contributed by atoms with E-state index in [2.05, 4.69) is 26.1 Å². The summed E-state index contributed by atoms with van der Waals surface area (Å²) in [5.41, 5.74) is 1.02. The van der Waals surface area contributed by atoms with Gasteiger partial charge in [-0.2, -0.15) is 0 Å². The highest BCUT2D eigenvalue weighted by atomic mass is 16.5. The van der Waals surface area contributed by atoms with Gasteiger partial charge in [0.1, 0.15) is 5.75 Å². The van der Waals surface area contributed by atoms with Crippen molar-refractivity contribution < 1.29 is 18.7 Å². The molecule has 2 heterocycles. The second-order valence-electron chi connectivity index (χ2n) is 8.15. The zero-order valence-electron chi connectivity index (χ0n) is 16.7. The molecule has 0 atom stereocenters. The van der Waals surface area contributed by atoms with Crippen molar-refractivity contribution in [3.05, 3.63) is 54.0 Å². The maximum Gasteiger partial charge on any atom is 0.289 e. The number of nitrogens with zero attached hydrogens (tertiary/aromatic N) is 1. The molecule has 2 amide bonds. The zero-order valence-corrected chi connectivity index (χ0v) is 16.7. The number of carbonyl (C=O) groups is 2. The van der Waals surface area contributed by atoms with Crippen LogP contribution in [0.25, 0.3) is 0 Å². The second-order valence-corrected chi connectivity index (χ2v) is 8.15. The number of rotatable bonds is 5. The van der Waals surface area contributed by atoms with Crippen molar-refractivity contribution in [2.24, 2.45) is 0 Å². The first-order valence-corrected chi connectivity index (χ1v) is 9.69. The molecule has 28 heavy (non-hydrogen) atoms. The van der Waals surface area contributed by atoms with Crippen LogP contribution in [0.5, 0.6) is 5.75 Å². The minimum Gasteiger partial charge on any atom is -0.483 e. The molecule has 0 saturated carbocycles. The molecule has 0 radical (unpaired) electrons. The lowest BCUT2D eigenvalue weighted by molar-refractivity contribution is -0.124. The number of amides is 2. The summed E-state index contributed by atoms with van der Waals surface area (Å²) in [4.78, 5) is 26.4. The van der Waals surface area contributed by atoms with Gasteiger partial charge in [-0.05, 0) is 42.0 Å². The SMILES string of the molecule is CC(C)(C)c1ccccc1OCC(=O)NC1CCN(C(=O)c2ccco2)CC1. The van der Waals surface area contributed by atoms with Crippen LogP contribution in [-0.2, 0) is 10.2 Å². The summed E-state index contributed by atoms with van der Waals surface area (Å²) >= 11 is 0. The number of piperidine rings is 1. The predicted octanol–water partition coefficient (Wildman–Crippen LogP) is 3.38. The van der Waals surface area contributed by atoms with E-state index in [0.717, 1.165) is 24.2 Å². The van der Waals surface area contributed by atoms with Crippen LogP contribution in [-0.4, -0.2) is 42.5 Å². The fraction of sp³-hybridized carbons (Fsp3) is 0.455. The summed E-state index contributed by atoms with van der Waals surface area (Å²) in [6.45, 7) is 7.53. The fourth-order valence-corrected chi connectivity index (χ4v) is 3.41. The summed E-state index contributed by atoms with van der Waals surface area (Å²) in [7, 11) is 0. The number of hydrogen-bond donors (Lipinski definition) is 1. The third-order valence-corrected chi connectivity index (χ3v) is 4.93. The Balaban J connectivity index is 1.46. The van der Waals surface area contributed by atoms with E-state index >= 15 is 0 Å². The third kappa shape index (κ3) is 4.94. The van der Waals surface area contributed by atoms with Crippen LogP contribution in [0.2, 0.25) is 0 Å². The molecule has 0 aliphatic carbocycles. The molecule has 0 bridgehead atoms. The van der Waals surface area contributed by atoms with Crippen molar-refractivity contribution >= 4 is 11.8 Å². The monoisotopic (exact) mass is 384 g/mol. The number of benzene rings is 1. The van der Waals surface area contributed by atoms with E-state index in [4.69, 9.17) is 9.15 Å². The lowest BCUT2D eigenvalue weighted by Crippen LogP contribution is -2.47.